The van der Waals surface area contributed by atoms with Crippen LogP contribution in [0.25, 0.3) is 0 Å². The van der Waals surface area contributed by atoms with Crippen molar-refractivity contribution in [3.8, 4) is 5.75 Å². The van der Waals surface area contributed by atoms with Crippen LogP contribution in [0.4, 0.5) is 8.78 Å². The Morgan fingerprint density at radius 3 is 2.33 bits per heavy atom. The zero-order chi connectivity index (χ0) is 21.7. The average molecular weight is 459 g/mol. The van der Waals surface area contributed by atoms with Gasteiger partial charge in [-0.05, 0) is 42.8 Å². The minimum absolute atomic E-state index is 0.0649. The second-order valence-corrected chi connectivity index (χ2v) is 9.14. The van der Waals surface area contributed by atoms with E-state index in [0.29, 0.717) is 24.5 Å². The summed E-state index contributed by atoms with van der Waals surface area (Å²) in [6.07, 6.45) is 0.547. The number of carbonyl (C=O) groups is 1. The van der Waals surface area contributed by atoms with Crippen LogP contribution >= 0.6 is 11.6 Å². The number of ether oxygens (including phenoxy) is 1. The first-order valence-corrected chi connectivity index (χ1v) is 11.2. The van der Waals surface area contributed by atoms with Crippen LogP contribution in [-0.2, 0) is 14.8 Å². The molecular formula is C20H21ClF2N2O4S. The number of amides is 1. The fraction of sp³-hybridized carbons (Fsp3) is 0.350. The molecule has 3 rings (SSSR count). The first-order chi connectivity index (χ1) is 14.3. The molecule has 1 amide bonds. The largest absolute Gasteiger partial charge is 0.491 e. The van der Waals surface area contributed by atoms with Gasteiger partial charge in [0.25, 0.3) is 0 Å². The van der Waals surface area contributed by atoms with Gasteiger partial charge < -0.3 is 9.64 Å². The highest BCUT2D eigenvalue weighted by Crippen LogP contribution is 2.21. The molecule has 0 aromatic heterocycles. The van der Waals surface area contributed by atoms with Gasteiger partial charge in [0.05, 0.1) is 11.5 Å². The molecule has 1 saturated heterocycles. The second-order valence-electron chi connectivity index (χ2n) is 6.77. The minimum atomic E-state index is -3.63. The van der Waals surface area contributed by atoms with E-state index >= 15 is 0 Å². The fourth-order valence-corrected chi connectivity index (χ4v) is 4.64. The highest BCUT2D eigenvalue weighted by molar-refractivity contribution is 7.89. The maximum Gasteiger partial charge on any atom is 0.243 e. The van der Waals surface area contributed by atoms with Gasteiger partial charge >= 0.3 is 0 Å². The Labute approximate surface area is 179 Å². The molecule has 2 aromatic carbocycles. The van der Waals surface area contributed by atoms with Crippen molar-refractivity contribution in [1.82, 2.24) is 9.21 Å². The van der Waals surface area contributed by atoms with Gasteiger partial charge in [-0.25, -0.2) is 17.2 Å². The summed E-state index contributed by atoms with van der Waals surface area (Å²) in [6, 6.07) is 8.99. The number of nitrogens with zero attached hydrogens (tertiary/aromatic N) is 2. The zero-order valence-corrected chi connectivity index (χ0v) is 17.6. The van der Waals surface area contributed by atoms with Crippen LogP contribution in [0.15, 0.2) is 47.4 Å². The third-order valence-corrected chi connectivity index (χ3v) is 6.89. The Morgan fingerprint density at radius 1 is 1.03 bits per heavy atom. The lowest BCUT2D eigenvalue weighted by Crippen LogP contribution is -2.50. The normalized spacial score (nSPS) is 15.2. The topological polar surface area (TPSA) is 66.9 Å². The van der Waals surface area contributed by atoms with Gasteiger partial charge in [-0.2, -0.15) is 4.31 Å². The molecule has 0 N–H and O–H groups in total. The molecule has 0 spiro atoms. The van der Waals surface area contributed by atoms with Crippen molar-refractivity contribution in [1.29, 1.82) is 0 Å². The molecule has 0 aliphatic carbocycles. The number of benzene rings is 2. The first kappa shape index (κ1) is 22.5. The van der Waals surface area contributed by atoms with Crippen molar-refractivity contribution >= 4 is 27.5 Å². The predicted octanol–water partition coefficient (Wildman–Crippen LogP) is 3.31. The van der Waals surface area contributed by atoms with Gasteiger partial charge in [-0.15, -0.1) is 0 Å². The predicted molar refractivity (Wildman–Crippen MR) is 108 cm³/mol. The van der Waals surface area contributed by atoms with Gasteiger partial charge in [0.15, 0.2) is 11.6 Å². The summed E-state index contributed by atoms with van der Waals surface area (Å²) in [6.45, 7) is 1.10. The van der Waals surface area contributed by atoms with E-state index in [1.165, 1.54) is 34.6 Å². The Kier molecular flexibility index (Phi) is 7.27. The Morgan fingerprint density at radius 2 is 1.70 bits per heavy atom. The molecule has 2 aromatic rings. The number of halogens is 3. The molecule has 1 heterocycles. The molecule has 162 valence electrons. The second kappa shape index (κ2) is 9.72. The van der Waals surface area contributed by atoms with Gasteiger partial charge in [-0.1, -0.05) is 11.6 Å². The van der Waals surface area contributed by atoms with E-state index in [1.807, 2.05) is 0 Å². The van der Waals surface area contributed by atoms with Crippen LogP contribution < -0.4 is 4.74 Å². The maximum absolute atomic E-state index is 13.5. The van der Waals surface area contributed by atoms with Crippen molar-refractivity contribution in [2.24, 2.45) is 0 Å². The molecule has 1 aliphatic rings. The molecule has 0 saturated carbocycles. The first-order valence-electron chi connectivity index (χ1n) is 9.39. The summed E-state index contributed by atoms with van der Waals surface area (Å²) in [5.41, 5.74) is 0. The number of hydrogen-bond acceptors (Lipinski definition) is 4. The van der Waals surface area contributed by atoms with Crippen LogP contribution in [0.1, 0.15) is 12.8 Å². The van der Waals surface area contributed by atoms with E-state index in [-0.39, 0.29) is 42.7 Å². The molecular weight excluding hydrogens is 438 g/mol. The van der Waals surface area contributed by atoms with Crippen LogP contribution in [0, 0.1) is 11.6 Å². The SMILES string of the molecule is O=C(CCCOc1ccc(F)cc1F)N1CCN(S(=O)(=O)c2ccc(Cl)cc2)CC1. The summed E-state index contributed by atoms with van der Waals surface area (Å²) < 4.78 is 58.3. The lowest BCUT2D eigenvalue weighted by Gasteiger charge is -2.34. The number of hydrogen-bond donors (Lipinski definition) is 0. The number of sulfonamides is 1. The summed E-state index contributed by atoms with van der Waals surface area (Å²) in [5.74, 6) is -1.67. The molecule has 0 unspecified atom stereocenters. The number of piperazine rings is 1. The standard InChI is InChI=1S/C20H21ClF2N2O4S/c21-15-3-6-17(7-4-15)30(27,28)25-11-9-24(10-12-25)20(26)2-1-13-29-19-8-5-16(22)14-18(19)23/h3-8,14H,1-2,9-13H2. The van der Waals surface area contributed by atoms with Crippen molar-refractivity contribution in [3.63, 3.8) is 0 Å². The van der Waals surface area contributed by atoms with Gasteiger partial charge in [0.2, 0.25) is 15.9 Å². The molecule has 0 atom stereocenters. The van der Waals surface area contributed by atoms with Crippen molar-refractivity contribution in [2.75, 3.05) is 32.8 Å². The van der Waals surface area contributed by atoms with E-state index in [1.54, 1.807) is 4.90 Å². The quantitative estimate of drug-likeness (QED) is 0.597. The third kappa shape index (κ3) is 5.47. The van der Waals surface area contributed by atoms with Crippen LogP contribution in [0.2, 0.25) is 5.02 Å². The van der Waals surface area contributed by atoms with Crippen LogP contribution in [0.5, 0.6) is 5.75 Å². The van der Waals surface area contributed by atoms with E-state index in [9.17, 15) is 22.0 Å². The highest BCUT2D eigenvalue weighted by Gasteiger charge is 2.29. The number of carbonyl (C=O) groups excluding carboxylic acids is 1. The molecule has 6 nitrogen and oxygen atoms in total. The summed E-state index contributed by atoms with van der Waals surface area (Å²) in [7, 11) is -3.63. The zero-order valence-electron chi connectivity index (χ0n) is 16.1. The molecule has 1 fully saturated rings. The Hall–Kier alpha value is -2.23. The van der Waals surface area contributed by atoms with Crippen molar-refractivity contribution in [3.05, 3.63) is 59.1 Å². The summed E-state index contributed by atoms with van der Waals surface area (Å²) in [5, 5.41) is 0.454. The van der Waals surface area contributed by atoms with Gasteiger partial charge in [-0.3, -0.25) is 4.79 Å². The van der Waals surface area contributed by atoms with Gasteiger partial charge in [0.1, 0.15) is 5.82 Å². The molecule has 10 heteroatoms. The summed E-state index contributed by atoms with van der Waals surface area (Å²) >= 11 is 5.81. The van der Waals surface area contributed by atoms with E-state index in [0.717, 1.165) is 12.1 Å². The monoisotopic (exact) mass is 458 g/mol. The highest BCUT2D eigenvalue weighted by atomic mass is 35.5. The molecule has 30 heavy (non-hydrogen) atoms. The van der Waals surface area contributed by atoms with Crippen LogP contribution in [-0.4, -0.2) is 56.3 Å². The summed E-state index contributed by atoms with van der Waals surface area (Å²) in [4.78, 5) is 14.1. The third-order valence-electron chi connectivity index (χ3n) is 4.73. The van der Waals surface area contributed by atoms with Crippen LogP contribution in [0.3, 0.4) is 0 Å². The molecule has 1 aliphatic heterocycles. The lowest BCUT2D eigenvalue weighted by atomic mass is 10.2. The smallest absolute Gasteiger partial charge is 0.243 e. The molecule has 0 radical (unpaired) electrons. The number of rotatable bonds is 7. The maximum atomic E-state index is 13.5. The fourth-order valence-electron chi connectivity index (χ4n) is 3.09. The minimum Gasteiger partial charge on any atom is -0.491 e. The van der Waals surface area contributed by atoms with E-state index in [2.05, 4.69) is 0 Å². The van der Waals surface area contributed by atoms with Crippen molar-refractivity contribution in [2.45, 2.75) is 17.7 Å². The Balaban J connectivity index is 1.44. The van der Waals surface area contributed by atoms with Crippen molar-refractivity contribution < 1.29 is 26.7 Å². The Bertz CT molecular complexity index is 994. The van der Waals surface area contributed by atoms with Gasteiger partial charge in [0, 0.05) is 43.7 Å². The molecule has 0 bridgehead atoms. The average Bonchev–Trinajstić information content (AvgIpc) is 2.72. The van der Waals surface area contributed by atoms with E-state index < -0.39 is 21.7 Å². The van der Waals surface area contributed by atoms with E-state index in [4.69, 9.17) is 16.3 Å². The lowest BCUT2D eigenvalue weighted by molar-refractivity contribution is -0.132.